The zero-order valence-corrected chi connectivity index (χ0v) is 6.87. The highest BCUT2D eigenvalue weighted by Gasteiger charge is 2.44. The number of aliphatic hydroxyl groups is 1. The Morgan fingerprint density at radius 1 is 1.56 bits per heavy atom. The van der Waals surface area contributed by atoms with Crippen molar-refractivity contribution in [3.05, 3.63) is 0 Å². The maximum atomic E-state index is 12.2. The van der Waals surface area contributed by atoms with Crippen LogP contribution in [0, 0.1) is 0 Å². The third kappa shape index (κ3) is 2.18. The van der Waals surface area contributed by atoms with Crippen LogP contribution in [0.1, 0.15) is 20.3 Å². The van der Waals surface area contributed by atoms with Crippen LogP contribution in [0.4, 0.5) is 8.78 Å². The molecule has 0 amide bonds. The normalized spacial score (nSPS) is 19.3. The summed E-state index contributed by atoms with van der Waals surface area (Å²) in [7, 11) is 0. The SMILES string of the molecule is CCC(C)(O)C(F)(F)Br. The minimum absolute atomic E-state index is 0.0191. The average molecular weight is 203 g/mol. The van der Waals surface area contributed by atoms with E-state index in [1.807, 2.05) is 0 Å². The molecular weight excluding hydrogens is 194 g/mol. The highest BCUT2D eigenvalue weighted by Crippen LogP contribution is 2.36. The van der Waals surface area contributed by atoms with Crippen LogP contribution in [-0.4, -0.2) is 15.5 Å². The van der Waals surface area contributed by atoms with E-state index in [2.05, 4.69) is 15.9 Å². The van der Waals surface area contributed by atoms with Gasteiger partial charge in [-0.2, -0.15) is 8.78 Å². The Kier molecular flexibility index (Phi) is 2.58. The fourth-order valence-corrected chi connectivity index (χ4v) is 0.481. The molecule has 0 saturated heterocycles. The number of hydrogen-bond donors (Lipinski definition) is 1. The van der Waals surface area contributed by atoms with Gasteiger partial charge in [-0.05, 0) is 29.3 Å². The molecule has 0 spiro atoms. The third-order valence-electron chi connectivity index (χ3n) is 1.30. The van der Waals surface area contributed by atoms with Crippen LogP contribution < -0.4 is 0 Å². The molecule has 0 aromatic carbocycles. The average Bonchev–Trinajstić information content (AvgIpc) is 1.64. The van der Waals surface area contributed by atoms with E-state index in [9.17, 15) is 8.78 Å². The molecule has 0 aromatic heterocycles. The molecule has 0 fully saturated rings. The lowest BCUT2D eigenvalue weighted by atomic mass is 10.1. The van der Waals surface area contributed by atoms with Gasteiger partial charge in [0.25, 0.3) is 0 Å². The summed E-state index contributed by atoms with van der Waals surface area (Å²) in [5.41, 5.74) is -1.94. The van der Waals surface area contributed by atoms with E-state index in [-0.39, 0.29) is 6.42 Å². The van der Waals surface area contributed by atoms with Crippen molar-refractivity contribution < 1.29 is 13.9 Å². The molecule has 0 heterocycles. The van der Waals surface area contributed by atoms with E-state index in [0.717, 1.165) is 6.92 Å². The summed E-state index contributed by atoms with van der Waals surface area (Å²) in [5, 5.41) is 8.86. The molecule has 0 aliphatic heterocycles. The molecule has 4 heteroatoms. The Morgan fingerprint density at radius 3 is 1.89 bits per heavy atom. The quantitative estimate of drug-likeness (QED) is 0.681. The lowest BCUT2D eigenvalue weighted by molar-refractivity contribution is -0.105. The molecule has 0 aliphatic rings. The first-order valence-corrected chi connectivity index (χ1v) is 3.39. The number of halogens is 3. The predicted octanol–water partition coefficient (Wildman–Crippen LogP) is 2.14. The van der Waals surface area contributed by atoms with Gasteiger partial charge in [0.15, 0.2) is 0 Å². The van der Waals surface area contributed by atoms with Crippen molar-refractivity contribution in [2.75, 3.05) is 0 Å². The fourth-order valence-electron chi connectivity index (χ4n) is 0.200. The number of hydrogen-bond acceptors (Lipinski definition) is 1. The molecule has 0 aromatic rings. The number of alkyl halides is 3. The van der Waals surface area contributed by atoms with Gasteiger partial charge in [0, 0.05) is 0 Å². The van der Waals surface area contributed by atoms with Gasteiger partial charge in [0.1, 0.15) is 5.60 Å². The van der Waals surface area contributed by atoms with Gasteiger partial charge in [0.2, 0.25) is 0 Å². The van der Waals surface area contributed by atoms with Gasteiger partial charge in [0.05, 0.1) is 0 Å². The molecule has 1 unspecified atom stereocenters. The molecule has 0 aliphatic carbocycles. The van der Waals surface area contributed by atoms with Crippen LogP contribution in [0.25, 0.3) is 0 Å². The molecule has 0 radical (unpaired) electrons. The Bertz CT molecular complexity index is 97.6. The van der Waals surface area contributed by atoms with Gasteiger partial charge in [-0.3, -0.25) is 0 Å². The van der Waals surface area contributed by atoms with E-state index >= 15 is 0 Å². The largest absolute Gasteiger partial charge is 0.383 e. The second-order valence-corrected chi connectivity index (χ2v) is 3.12. The van der Waals surface area contributed by atoms with Crippen molar-refractivity contribution in [3.8, 4) is 0 Å². The molecule has 1 N–H and O–H groups in total. The van der Waals surface area contributed by atoms with E-state index in [0.29, 0.717) is 0 Å². The minimum Gasteiger partial charge on any atom is -0.383 e. The third-order valence-corrected chi connectivity index (χ3v) is 2.15. The molecule has 9 heavy (non-hydrogen) atoms. The van der Waals surface area contributed by atoms with Gasteiger partial charge >= 0.3 is 4.83 Å². The smallest absolute Gasteiger partial charge is 0.329 e. The van der Waals surface area contributed by atoms with Crippen molar-refractivity contribution >= 4 is 15.9 Å². The molecule has 0 bridgehead atoms. The predicted molar refractivity (Wildman–Crippen MR) is 34.8 cm³/mol. The fraction of sp³-hybridized carbons (Fsp3) is 1.00. The highest BCUT2D eigenvalue weighted by molar-refractivity contribution is 9.10. The first-order valence-electron chi connectivity index (χ1n) is 2.60. The maximum absolute atomic E-state index is 12.2. The topological polar surface area (TPSA) is 20.2 Å². The summed E-state index contributed by atoms with van der Waals surface area (Å²) in [6, 6.07) is 0. The maximum Gasteiger partial charge on any atom is 0.329 e. The van der Waals surface area contributed by atoms with E-state index in [1.54, 1.807) is 0 Å². The van der Waals surface area contributed by atoms with Gasteiger partial charge in [-0.25, -0.2) is 0 Å². The molecule has 1 atom stereocenters. The zero-order valence-electron chi connectivity index (χ0n) is 5.29. The van der Waals surface area contributed by atoms with Gasteiger partial charge in [-0.1, -0.05) is 6.92 Å². The minimum atomic E-state index is -3.19. The molecule has 0 rings (SSSR count). The summed E-state index contributed by atoms with van der Waals surface area (Å²) in [6.07, 6.45) is 0.0191. The van der Waals surface area contributed by atoms with Crippen molar-refractivity contribution in [3.63, 3.8) is 0 Å². The van der Waals surface area contributed by atoms with Crippen LogP contribution in [0.2, 0.25) is 0 Å². The Balaban J connectivity index is 4.14. The summed E-state index contributed by atoms with van der Waals surface area (Å²) in [6.45, 7) is 2.58. The van der Waals surface area contributed by atoms with Crippen LogP contribution in [-0.2, 0) is 0 Å². The van der Waals surface area contributed by atoms with Crippen LogP contribution >= 0.6 is 15.9 Å². The first kappa shape index (κ1) is 9.30. The van der Waals surface area contributed by atoms with Crippen molar-refractivity contribution in [1.82, 2.24) is 0 Å². The van der Waals surface area contributed by atoms with Crippen LogP contribution in [0.5, 0.6) is 0 Å². The van der Waals surface area contributed by atoms with Crippen molar-refractivity contribution in [1.29, 1.82) is 0 Å². The molecule has 1 nitrogen and oxygen atoms in total. The summed E-state index contributed by atoms with van der Waals surface area (Å²) in [5.74, 6) is 0. The second kappa shape index (κ2) is 2.50. The van der Waals surface area contributed by atoms with Crippen LogP contribution in [0.3, 0.4) is 0 Å². The lowest BCUT2D eigenvalue weighted by Crippen LogP contribution is -2.39. The Morgan fingerprint density at radius 2 is 1.89 bits per heavy atom. The zero-order chi connectivity index (χ0) is 7.71. The highest BCUT2D eigenvalue weighted by atomic mass is 79.9. The second-order valence-electron chi connectivity index (χ2n) is 2.13. The monoisotopic (exact) mass is 202 g/mol. The summed E-state index contributed by atoms with van der Waals surface area (Å²) in [4.78, 5) is -3.19. The van der Waals surface area contributed by atoms with Gasteiger partial charge in [-0.15, -0.1) is 0 Å². The van der Waals surface area contributed by atoms with E-state index < -0.39 is 10.4 Å². The van der Waals surface area contributed by atoms with Gasteiger partial charge < -0.3 is 5.11 Å². The Labute approximate surface area is 61.2 Å². The standard InChI is InChI=1S/C5H9BrF2O/c1-3-4(2,9)5(6,7)8/h9H,3H2,1-2H3. The summed E-state index contributed by atoms with van der Waals surface area (Å²) < 4.78 is 24.3. The number of rotatable bonds is 2. The van der Waals surface area contributed by atoms with Crippen molar-refractivity contribution in [2.45, 2.75) is 30.7 Å². The molecule has 0 saturated carbocycles. The summed E-state index contributed by atoms with van der Waals surface area (Å²) >= 11 is 2.08. The first-order chi connectivity index (χ1) is 3.81. The molecule has 56 valence electrons. The van der Waals surface area contributed by atoms with E-state index in [1.165, 1.54) is 6.92 Å². The lowest BCUT2D eigenvalue weighted by Gasteiger charge is -2.26. The van der Waals surface area contributed by atoms with E-state index in [4.69, 9.17) is 5.11 Å². The Hall–Kier alpha value is 0.300. The van der Waals surface area contributed by atoms with Crippen molar-refractivity contribution in [2.24, 2.45) is 0 Å². The van der Waals surface area contributed by atoms with Crippen LogP contribution in [0.15, 0.2) is 0 Å². The molecular formula is C5H9BrF2O.